The second-order valence-electron chi connectivity index (χ2n) is 3.80. The molecule has 0 bridgehead atoms. The highest BCUT2D eigenvalue weighted by atomic mass is 32.2. The van der Waals surface area contributed by atoms with Gasteiger partial charge in [-0.1, -0.05) is 18.2 Å². The van der Waals surface area contributed by atoms with Gasteiger partial charge in [-0.15, -0.1) is 11.8 Å². The number of para-hydroxylation sites is 1. The number of phenolic OH excluding ortho intramolecular Hbond substituents is 1. The summed E-state index contributed by atoms with van der Waals surface area (Å²) in [7, 11) is 0. The van der Waals surface area contributed by atoms with Crippen molar-refractivity contribution in [1.29, 1.82) is 0 Å². The lowest BCUT2D eigenvalue weighted by Crippen LogP contribution is -2.02. The van der Waals surface area contributed by atoms with E-state index in [0.29, 0.717) is 5.75 Å². The van der Waals surface area contributed by atoms with Crippen molar-refractivity contribution in [2.75, 3.05) is 11.9 Å². The van der Waals surface area contributed by atoms with Crippen molar-refractivity contribution in [2.24, 2.45) is 0 Å². The van der Waals surface area contributed by atoms with Gasteiger partial charge in [0.15, 0.2) is 0 Å². The predicted octanol–water partition coefficient (Wildman–Crippen LogP) is 3.51. The summed E-state index contributed by atoms with van der Waals surface area (Å²) in [4.78, 5) is 5.21. The van der Waals surface area contributed by atoms with Crippen LogP contribution in [-0.2, 0) is 5.75 Å². The van der Waals surface area contributed by atoms with Crippen LogP contribution >= 0.6 is 11.8 Å². The minimum absolute atomic E-state index is 0.330. The van der Waals surface area contributed by atoms with Gasteiger partial charge < -0.3 is 10.4 Å². The molecule has 0 saturated carbocycles. The van der Waals surface area contributed by atoms with Crippen molar-refractivity contribution < 1.29 is 5.11 Å². The molecule has 2 aromatic rings. The molecular weight excluding hydrogens is 244 g/mol. The van der Waals surface area contributed by atoms with Crippen LogP contribution in [0.2, 0.25) is 0 Å². The lowest BCUT2D eigenvalue weighted by molar-refractivity contribution is 0.462. The molecule has 1 heterocycles. The molecule has 18 heavy (non-hydrogen) atoms. The fraction of sp³-hybridized carbons (Fsp3) is 0.214. The third kappa shape index (κ3) is 3.17. The zero-order valence-corrected chi connectivity index (χ0v) is 11.1. The van der Waals surface area contributed by atoms with Crippen molar-refractivity contribution in [2.45, 2.75) is 17.6 Å². The number of benzene rings is 1. The van der Waals surface area contributed by atoms with Gasteiger partial charge in [0.2, 0.25) is 0 Å². The van der Waals surface area contributed by atoms with Gasteiger partial charge in [0.05, 0.1) is 0 Å². The van der Waals surface area contributed by atoms with Crippen molar-refractivity contribution in [3.63, 3.8) is 0 Å². The van der Waals surface area contributed by atoms with Gasteiger partial charge in [-0.25, -0.2) is 4.98 Å². The molecule has 0 radical (unpaired) electrons. The fourth-order valence-electron chi connectivity index (χ4n) is 1.62. The fourth-order valence-corrected chi connectivity index (χ4v) is 2.55. The van der Waals surface area contributed by atoms with E-state index in [-0.39, 0.29) is 0 Å². The van der Waals surface area contributed by atoms with Gasteiger partial charge in [0.1, 0.15) is 11.6 Å². The van der Waals surface area contributed by atoms with E-state index in [0.717, 1.165) is 28.6 Å². The lowest BCUT2D eigenvalue weighted by atomic mass is 10.3. The summed E-state index contributed by atoms with van der Waals surface area (Å²) in [5, 5.41) is 12.9. The van der Waals surface area contributed by atoms with Crippen LogP contribution in [0.1, 0.15) is 12.5 Å². The van der Waals surface area contributed by atoms with Crippen LogP contribution in [0.5, 0.6) is 5.75 Å². The molecule has 0 fully saturated rings. The van der Waals surface area contributed by atoms with Gasteiger partial charge in [-0.05, 0) is 25.1 Å². The zero-order chi connectivity index (χ0) is 12.8. The molecule has 0 aliphatic carbocycles. The summed E-state index contributed by atoms with van der Waals surface area (Å²) in [6.07, 6.45) is 1.78. The number of nitrogens with zero attached hydrogens (tertiary/aromatic N) is 1. The quantitative estimate of drug-likeness (QED) is 0.807. The molecule has 94 valence electrons. The van der Waals surface area contributed by atoms with Crippen LogP contribution in [0.3, 0.4) is 0 Å². The van der Waals surface area contributed by atoms with Crippen LogP contribution < -0.4 is 5.32 Å². The Labute approximate surface area is 111 Å². The average molecular weight is 260 g/mol. The Kier molecular flexibility index (Phi) is 4.47. The van der Waals surface area contributed by atoms with E-state index >= 15 is 0 Å². The molecule has 0 unspecified atom stereocenters. The number of anilines is 1. The summed E-state index contributed by atoms with van der Waals surface area (Å²) in [5.74, 6) is 2.03. The molecule has 0 aliphatic heterocycles. The summed E-state index contributed by atoms with van der Waals surface area (Å²) in [5.41, 5.74) is 1.15. The van der Waals surface area contributed by atoms with Crippen LogP contribution in [0.4, 0.5) is 5.82 Å². The maximum absolute atomic E-state index is 9.71. The van der Waals surface area contributed by atoms with Crippen molar-refractivity contribution in [1.82, 2.24) is 4.98 Å². The van der Waals surface area contributed by atoms with E-state index < -0.39 is 0 Å². The number of nitrogens with one attached hydrogen (secondary N) is 1. The van der Waals surface area contributed by atoms with Gasteiger partial charge in [-0.2, -0.15) is 0 Å². The number of hydrogen-bond donors (Lipinski definition) is 2. The van der Waals surface area contributed by atoms with Crippen LogP contribution in [0, 0.1) is 0 Å². The molecule has 0 saturated heterocycles. The number of thioether (sulfide) groups is 1. The Balaban J connectivity index is 2.08. The molecule has 4 heteroatoms. The largest absolute Gasteiger partial charge is 0.507 e. The van der Waals surface area contributed by atoms with E-state index in [4.69, 9.17) is 0 Å². The maximum atomic E-state index is 9.71. The number of phenols is 1. The van der Waals surface area contributed by atoms with Gasteiger partial charge in [0, 0.05) is 29.0 Å². The molecular formula is C14H16N2OS. The topological polar surface area (TPSA) is 45.2 Å². The molecule has 1 aromatic carbocycles. The second kappa shape index (κ2) is 6.31. The highest BCUT2D eigenvalue weighted by molar-refractivity contribution is 7.98. The van der Waals surface area contributed by atoms with Crippen LogP contribution in [0.25, 0.3) is 0 Å². The minimum atomic E-state index is 0.330. The number of pyridine rings is 1. The zero-order valence-electron chi connectivity index (χ0n) is 10.3. The first-order valence-electron chi connectivity index (χ1n) is 5.90. The van der Waals surface area contributed by atoms with Crippen LogP contribution in [-0.4, -0.2) is 16.6 Å². The monoisotopic (exact) mass is 260 g/mol. The normalized spacial score (nSPS) is 10.3. The number of aromatic nitrogens is 1. The summed E-state index contributed by atoms with van der Waals surface area (Å²) in [6.45, 7) is 2.90. The standard InChI is InChI=1S/C14H16N2OS/c1-2-15-14-11(6-5-9-16-14)10-18-13-8-4-3-7-12(13)17/h3-9,17H,2,10H2,1H3,(H,15,16). The number of hydrogen-bond acceptors (Lipinski definition) is 4. The van der Waals surface area contributed by atoms with Crippen LogP contribution in [0.15, 0.2) is 47.5 Å². The average Bonchev–Trinajstić information content (AvgIpc) is 2.40. The Morgan fingerprint density at radius 1 is 1.22 bits per heavy atom. The molecule has 3 nitrogen and oxygen atoms in total. The third-order valence-electron chi connectivity index (χ3n) is 2.48. The van der Waals surface area contributed by atoms with Crippen molar-refractivity contribution in [3.05, 3.63) is 48.2 Å². The SMILES string of the molecule is CCNc1ncccc1CSc1ccccc1O. The molecule has 0 aliphatic rings. The van der Waals surface area contributed by atoms with E-state index in [2.05, 4.69) is 23.3 Å². The van der Waals surface area contributed by atoms with E-state index in [9.17, 15) is 5.11 Å². The number of rotatable bonds is 5. The first-order chi connectivity index (χ1) is 8.81. The first kappa shape index (κ1) is 12.8. The molecule has 1 aromatic heterocycles. The van der Waals surface area contributed by atoms with Gasteiger partial charge in [0.25, 0.3) is 0 Å². The Morgan fingerprint density at radius 3 is 2.83 bits per heavy atom. The summed E-state index contributed by atoms with van der Waals surface area (Å²) < 4.78 is 0. The van der Waals surface area contributed by atoms with E-state index in [1.165, 1.54) is 0 Å². The minimum Gasteiger partial charge on any atom is -0.507 e. The van der Waals surface area contributed by atoms with E-state index in [1.54, 1.807) is 24.0 Å². The lowest BCUT2D eigenvalue weighted by Gasteiger charge is -2.09. The maximum Gasteiger partial charge on any atom is 0.129 e. The van der Waals surface area contributed by atoms with Gasteiger partial charge >= 0.3 is 0 Å². The molecule has 0 atom stereocenters. The Hall–Kier alpha value is -1.68. The first-order valence-corrected chi connectivity index (χ1v) is 6.88. The highest BCUT2D eigenvalue weighted by Crippen LogP contribution is 2.31. The Bertz CT molecular complexity index is 517. The summed E-state index contributed by atoms with van der Waals surface area (Å²) in [6, 6.07) is 11.4. The second-order valence-corrected chi connectivity index (χ2v) is 4.82. The van der Waals surface area contributed by atoms with E-state index in [1.807, 2.05) is 24.3 Å². The molecule has 2 rings (SSSR count). The summed E-state index contributed by atoms with van der Waals surface area (Å²) >= 11 is 1.61. The van der Waals surface area contributed by atoms with Crippen molar-refractivity contribution in [3.8, 4) is 5.75 Å². The highest BCUT2D eigenvalue weighted by Gasteiger charge is 2.05. The smallest absolute Gasteiger partial charge is 0.129 e. The third-order valence-corrected chi connectivity index (χ3v) is 3.60. The molecule has 0 amide bonds. The Morgan fingerprint density at radius 2 is 2.06 bits per heavy atom. The van der Waals surface area contributed by atoms with Crippen molar-refractivity contribution >= 4 is 17.6 Å². The molecule has 2 N–H and O–H groups in total. The predicted molar refractivity (Wildman–Crippen MR) is 76.1 cm³/mol. The van der Waals surface area contributed by atoms with Gasteiger partial charge in [-0.3, -0.25) is 0 Å². The number of aromatic hydroxyl groups is 1. The molecule has 0 spiro atoms.